The van der Waals surface area contributed by atoms with Crippen molar-refractivity contribution in [3.05, 3.63) is 70.5 Å². The summed E-state index contributed by atoms with van der Waals surface area (Å²) in [5, 5.41) is 6.24. The minimum absolute atomic E-state index is 0.118. The lowest BCUT2D eigenvalue weighted by atomic mass is 9.95. The summed E-state index contributed by atoms with van der Waals surface area (Å²) in [4.78, 5) is 15.5. The van der Waals surface area contributed by atoms with Crippen molar-refractivity contribution in [2.24, 2.45) is 5.10 Å². The number of halogens is 1. The molecule has 2 aromatic carbocycles. The SMILES string of the molecule is Cc1ccc(C2=NN(C(=O)CN3CCC4(CC3)OCCO4)C(c3ccccc3F)C2)c(C)c1. The lowest BCUT2D eigenvalue weighted by Gasteiger charge is -2.37. The number of nitrogens with zero attached hydrogens (tertiary/aromatic N) is 3. The molecule has 2 fully saturated rings. The van der Waals surface area contributed by atoms with Crippen LogP contribution in [0.15, 0.2) is 47.6 Å². The molecule has 1 unspecified atom stereocenters. The second-order valence-corrected chi connectivity index (χ2v) is 9.23. The summed E-state index contributed by atoms with van der Waals surface area (Å²) >= 11 is 0. The molecule has 0 radical (unpaired) electrons. The average Bonchev–Trinajstić information content (AvgIpc) is 3.44. The van der Waals surface area contributed by atoms with Gasteiger partial charge in [0.25, 0.3) is 5.91 Å². The van der Waals surface area contributed by atoms with Crippen LogP contribution in [0.4, 0.5) is 4.39 Å². The first-order valence-electron chi connectivity index (χ1n) is 11.7. The van der Waals surface area contributed by atoms with E-state index < -0.39 is 11.8 Å². The van der Waals surface area contributed by atoms with Gasteiger partial charge in [0.15, 0.2) is 5.79 Å². The van der Waals surface area contributed by atoms with Crippen molar-refractivity contribution >= 4 is 11.6 Å². The van der Waals surface area contributed by atoms with Crippen molar-refractivity contribution in [2.75, 3.05) is 32.8 Å². The molecule has 0 N–H and O–H groups in total. The molecule has 174 valence electrons. The summed E-state index contributed by atoms with van der Waals surface area (Å²) in [6.45, 7) is 7.04. The molecular weight excluding hydrogens is 421 g/mol. The van der Waals surface area contributed by atoms with Crippen molar-refractivity contribution in [2.45, 2.75) is 44.9 Å². The largest absolute Gasteiger partial charge is 0.347 e. The van der Waals surface area contributed by atoms with E-state index in [1.807, 2.05) is 25.1 Å². The Kier molecular flexibility index (Phi) is 6.03. The topological polar surface area (TPSA) is 54.4 Å². The number of hydrogen-bond donors (Lipinski definition) is 0. The Balaban J connectivity index is 1.37. The normalized spacial score (nSPS) is 22.7. The van der Waals surface area contributed by atoms with Crippen molar-refractivity contribution in [3.8, 4) is 0 Å². The van der Waals surface area contributed by atoms with Gasteiger partial charge in [0.1, 0.15) is 5.82 Å². The quantitative estimate of drug-likeness (QED) is 0.706. The Bertz CT molecular complexity index is 1070. The maximum absolute atomic E-state index is 14.7. The van der Waals surface area contributed by atoms with Crippen molar-refractivity contribution in [3.63, 3.8) is 0 Å². The fourth-order valence-corrected chi connectivity index (χ4v) is 5.13. The average molecular weight is 452 g/mol. The number of rotatable bonds is 4. The number of hydrazone groups is 1. The van der Waals surface area contributed by atoms with Crippen LogP contribution in [0.1, 0.15) is 47.6 Å². The van der Waals surface area contributed by atoms with Gasteiger partial charge in [0.2, 0.25) is 0 Å². The van der Waals surface area contributed by atoms with Gasteiger partial charge in [-0.1, -0.05) is 42.0 Å². The van der Waals surface area contributed by atoms with Gasteiger partial charge in [0, 0.05) is 43.5 Å². The molecule has 2 saturated heterocycles. The first-order valence-corrected chi connectivity index (χ1v) is 11.7. The molecule has 5 rings (SSSR count). The number of piperidine rings is 1. The van der Waals surface area contributed by atoms with Gasteiger partial charge in [-0.3, -0.25) is 9.69 Å². The third kappa shape index (κ3) is 4.45. The number of amides is 1. The van der Waals surface area contributed by atoms with Gasteiger partial charge in [-0.2, -0.15) is 5.10 Å². The molecule has 0 aliphatic carbocycles. The Hall–Kier alpha value is -2.61. The van der Waals surface area contributed by atoms with E-state index in [2.05, 4.69) is 17.9 Å². The molecule has 3 aliphatic rings. The zero-order valence-electron chi connectivity index (χ0n) is 19.2. The highest BCUT2D eigenvalue weighted by Gasteiger charge is 2.41. The standard InChI is InChI=1S/C26H30FN3O3/c1-18-7-8-20(19(2)15-18)23-16-24(21-5-3-4-6-22(21)27)30(28-23)25(31)17-29-11-9-26(10-12-29)32-13-14-33-26/h3-8,15,24H,9-14,16-17H2,1-2H3. The third-order valence-electron chi connectivity index (χ3n) is 6.91. The summed E-state index contributed by atoms with van der Waals surface area (Å²) in [6.07, 6.45) is 1.98. The van der Waals surface area contributed by atoms with E-state index in [9.17, 15) is 9.18 Å². The Labute approximate surface area is 194 Å². The summed E-state index contributed by atoms with van der Waals surface area (Å²) in [6, 6.07) is 12.4. The number of ether oxygens (including phenoxy) is 2. The highest BCUT2D eigenvalue weighted by molar-refractivity contribution is 6.04. The highest BCUT2D eigenvalue weighted by Crippen LogP contribution is 2.36. The zero-order chi connectivity index (χ0) is 23.0. The molecule has 1 spiro atoms. The van der Waals surface area contributed by atoms with Gasteiger partial charge in [-0.25, -0.2) is 9.40 Å². The van der Waals surface area contributed by atoms with Crippen LogP contribution in [0.3, 0.4) is 0 Å². The van der Waals surface area contributed by atoms with E-state index in [1.54, 1.807) is 12.1 Å². The van der Waals surface area contributed by atoms with Crippen molar-refractivity contribution in [1.29, 1.82) is 0 Å². The van der Waals surface area contributed by atoms with E-state index in [4.69, 9.17) is 14.6 Å². The minimum atomic E-state index is -0.475. The summed E-state index contributed by atoms with van der Waals surface area (Å²) in [7, 11) is 0. The smallest absolute Gasteiger partial charge is 0.257 e. The lowest BCUT2D eigenvalue weighted by molar-refractivity contribution is -0.186. The number of benzene rings is 2. The predicted molar refractivity (Wildman–Crippen MR) is 123 cm³/mol. The molecule has 3 aliphatic heterocycles. The molecule has 0 bridgehead atoms. The van der Waals surface area contributed by atoms with Crippen LogP contribution < -0.4 is 0 Å². The first kappa shape index (κ1) is 22.2. The maximum atomic E-state index is 14.7. The van der Waals surface area contributed by atoms with E-state index in [1.165, 1.54) is 16.6 Å². The van der Waals surface area contributed by atoms with E-state index in [0.717, 1.165) is 42.8 Å². The molecular formula is C26H30FN3O3. The van der Waals surface area contributed by atoms with Crippen LogP contribution >= 0.6 is 0 Å². The Morgan fingerprint density at radius 3 is 2.55 bits per heavy atom. The monoisotopic (exact) mass is 451 g/mol. The molecule has 0 aromatic heterocycles. The third-order valence-corrected chi connectivity index (χ3v) is 6.91. The number of carbonyl (C=O) groups excluding carboxylic acids is 1. The maximum Gasteiger partial charge on any atom is 0.257 e. The van der Waals surface area contributed by atoms with Gasteiger partial charge in [-0.15, -0.1) is 0 Å². The number of likely N-dealkylation sites (tertiary alicyclic amines) is 1. The zero-order valence-corrected chi connectivity index (χ0v) is 19.2. The number of aryl methyl sites for hydroxylation is 2. The molecule has 33 heavy (non-hydrogen) atoms. The summed E-state index contributed by atoms with van der Waals surface area (Å²) in [5.41, 5.74) is 4.60. The summed E-state index contributed by atoms with van der Waals surface area (Å²) in [5.74, 6) is -0.906. The van der Waals surface area contributed by atoms with Crippen molar-refractivity contribution in [1.82, 2.24) is 9.91 Å². The van der Waals surface area contributed by atoms with Crippen LogP contribution in [-0.2, 0) is 14.3 Å². The van der Waals surface area contributed by atoms with E-state index in [0.29, 0.717) is 25.2 Å². The Morgan fingerprint density at radius 1 is 1.12 bits per heavy atom. The van der Waals surface area contributed by atoms with E-state index in [-0.39, 0.29) is 18.3 Å². The van der Waals surface area contributed by atoms with Crippen LogP contribution in [0.25, 0.3) is 0 Å². The molecule has 1 atom stereocenters. The molecule has 1 amide bonds. The highest BCUT2D eigenvalue weighted by atomic mass is 19.1. The lowest BCUT2D eigenvalue weighted by Crippen LogP contribution is -2.48. The van der Waals surface area contributed by atoms with Gasteiger partial charge < -0.3 is 9.47 Å². The van der Waals surface area contributed by atoms with Gasteiger partial charge in [0.05, 0.1) is 31.5 Å². The molecule has 2 aromatic rings. The summed E-state index contributed by atoms with van der Waals surface area (Å²) < 4.78 is 26.3. The molecule has 6 nitrogen and oxygen atoms in total. The fourth-order valence-electron chi connectivity index (χ4n) is 5.13. The second kappa shape index (κ2) is 8.97. The van der Waals surface area contributed by atoms with Crippen LogP contribution in [0, 0.1) is 19.7 Å². The van der Waals surface area contributed by atoms with Crippen LogP contribution in [-0.4, -0.2) is 60.2 Å². The first-order chi connectivity index (χ1) is 15.9. The van der Waals surface area contributed by atoms with Gasteiger partial charge in [-0.05, 0) is 25.5 Å². The number of carbonyl (C=O) groups is 1. The minimum Gasteiger partial charge on any atom is -0.347 e. The van der Waals surface area contributed by atoms with Crippen LogP contribution in [0.5, 0.6) is 0 Å². The molecule has 3 heterocycles. The van der Waals surface area contributed by atoms with Gasteiger partial charge >= 0.3 is 0 Å². The fraction of sp³-hybridized carbons (Fsp3) is 0.462. The van der Waals surface area contributed by atoms with Crippen molar-refractivity contribution < 1.29 is 18.7 Å². The molecule has 0 saturated carbocycles. The van der Waals surface area contributed by atoms with E-state index >= 15 is 0 Å². The Morgan fingerprint density at radius 2 is 1.85 bits per heavy atom. The second-order valence-electron chi connectivity index (χ2n) is 9.23. The number of hydrogen-bond acceptors (Lipinski definition) is 5. The van der Waals surface area contributed by atoms with Crippen LogP contribution in [0.2, 0.25) is 0 Å². The predicted octanol–water partition coefficient (Wildman–Crippen LogP) is 3.96. The molecule has 7 heteroatoms.